The van der Waals surface area contributed by atoms with Crippen molar-refractivity contribution < 1.29 is 9.50 Å². The van der Waals surface area contributed by atoms with Gasteiger partial charge >= 0.3 is 0 Å². The molecular weight excluding hydrogens is 283 g/mol. The summed E-state index contributed by atoms with van der Waals surface area (Å²) in [6.07, 6.45) is -0.804. The SMILES string of the molecule is Cc1cccc(C(O)c2cc(F)cc(Br)c2)c1. The molecule has 1 nitrogen and oxygen atoms in total. The van der Waals surface area contributed by atoms with Crippen LogP contribution < -0.4 is 0 Å². The van der Waals surface area contributed by atoms with Crippen molar-refractivity contribution in [2.24, 2.45) is 0 Å². The molecule has 0 aliphatic rings. The molecule has 0 aliphatic carbocycles. The van der Waals surface area contributed by atoms with E-state index in [-0.39, 0.29) is 5.82 Å². The number of aliphatic hydroxyl groups is 1. The lowest BCUT2D eigenvalue weighted by atomic mass is 10.00. The smallest absolute Gasteiger partial charge is 0.124 e. The molecule has 0 aromatic heterocycles. The van der Waals surface area contributed by atoms with Gasteiger partial charge in [-0.1, -0.05) is 45.8 Å². The van der Waals surface area contributed by atoms with Crippen LogP contribution in [0.4, 0.5) is 4.39 Å². The highest BCUT2D eigenvalue weighted by molar-refractivity contribution is 9.10. The first-order chi connectivity index (χ1) is 8.06. The number of aryl methyl sites for hydroxylation is 1. The van der Waals surface area contributed by atoms with Crippen LogP contribution in [0.15, 0.2) is 46.9 Å². The summed E-state index contributed by atoms with van der Waals surface area (Å²) in [5.74, 6) is -0.360. The van der Waals surface area contributed by atoms with Crippen LogP contribution in [0.3, 0.4) is 0 Å². The fourth-order valence-electron chi connectivity index (χ4n) is 1.77. The average Bonchev–Trinajstić information content (AvgIpc) is 2.26. The van der Waals surface area contributed by atoms with Crippen LogP contribution >= 0.6 is 15.9 Å². The lowest BCUT2D eigenvalue weighted by Crippen LogP contribution is -2.00. The minimum Gasteiger partial charge on any atom is -0.384 e. The van der Waals surface area contributed by atoms with Gasteiger partial charge in [-0.3, -0.25) is 0 Å². The first-order valence-corrected chi connectivity index (χ1v) is 6.06. The van der Waals surface area contributed by atoms with Crippen LogP contribution in [-0.2, 0) is 0 Å². The first-order valence-electron chi connectivity index (χ1n) is 5.27. The highest BCUT2D eigenvalue weighted by Gasteiger charge is 2.12. The van der Waals surface area contributed by atoms with E-state index >= 15 is 0 Å². The van der Waals surface area contributed by atoms with Crippen molar-refractivity contribution in [1.82, 2.24) is 0 Å². The Morgan fingerprint density at radius 1 is 1.12 bits per heavy atom. The van der Waals surface area contributed by atoms with Crippen molar-refractivity contribution in [1.29, 1.82) is 0 Å². The largest absolute Gasteiger partial charge is 0.384 e. The summed E-state index contributed by atoms with van der Waals surface area (Å²) < 4.78 is 13.9. The molecule has 88 valence electrons. The van der Waals surface area contributed by atoms with Crippen LogP contribution in [0.2, 0.25) is 0 Å². The number of halogens is 2. The molecule has 0 aliphatic heterocycles. The third kappa shape index (κ3) is 2.93. The average molecular weight is 295 g/mol. The molecule has 0 spiro atoms. The molecule has 0 saturated heterocycles. The van der Waals surface area contributed by atoms with E-state index in [4.69, 9.17) is 0 Å². The van der Waals surface area contributed by atoms with Crippen LogP contribution in [0.1, 0.15) is 22.8 Å². The molecule has 0 heterocycles. The molecule has 3 heteroatoms. The minimum absolute atomic E-state index is 0.360. The van der Waals surface area contributed by atoms with Gasteiger partial charge in [-0.15, -0.1) is 0 Å². The van der Waals surface area contributed by atoms with Crippen molar-refractivity contribution in [3.05, 3.63) is 69.4 Å². The predicted molar refractivity (Wildman–Crippen MR) is 69.3 cm³/mol. The van der Waals surface area contributed by atoms with Gasteiger partial charge in [0.15, 0.2) is 0 Å². The quantitative estimate of drug-likeness (QED) is 0.888. The Bertz CT molecular complexity index is 519. The number of hydrogen-bond donors (Lipinski definition) is 1. The Kier molecular flexibility index (Phi) is 3.60. The zero-order valence-electron chi connectivity index (χ0n) is 9.32. The molecule has 2 aromatic carbocycles. The van der Waals surface area contributed by atoms with Crippen molar-refractivity contribution in [2.45, 2.75) is 13.0 Å². The molecule has 17 heavy (non-hydrogen) atoms. The van der Waals surface area contributed by atoms with E-state index in [0.717, 1.165) is 11.1 Å². The number of hydrogen-bond acceptors (Lipinski definition) is 1. The zero-order valence-corrected chi connectivity index (χ0v) is 10.9. The van der Waals surface area contributed by atoms with Gasteiger partial charge in [0, 0.05) is 4.47 Å². The third-order valence-corrected chi connectivity index (χ3v) is 3.02. The van der Waals surface area contributed by atoms with Gasteiger partial charge in [0.2, 0.25) is 0 Å². The Balaban J connectivity index is 2.39. The highest BCUT2D eigenvalue weighted by atomic mass is 79.9. The number of benzene rings is 2. The molecule has 1 N–H and O–H groups in total. The van der Waals surface area contributed by atoms with Gasteiger partial charge in [-0.25, -0.2) is 4.39 Å². The van der Waals surface area contributed by atoms with Crippen LogP contribution in [-0.4, -0.2) is 5.11 Å². The Hall–Kier alpha value is -1.19. The van der Waals surface area contributed by atoms with E-state index in [1.807, 2.05) is 31.2 Å². The molecule has 0 radical (unpaired) electrons. The van der Waals surface area contributed by atoms with Gasteiger partial charge in [0.25, 0.3) is 0 Å². The van der Waals surface area contributed by atoms with E-state index in [1.54, 1.807) is 6.07 Å². The van der Waals surface area contributed by atoms with Gasteiger partial charge in [-0.2, -0.15) is 0 Å². The van der Waals surface area contributed by atoms with E-state index in [2.05, 4.69) is 15.9 Å². The van der Waals surface area contributed by atoms with Crippen LogP contribution in [0.25, 0.3) is 0 Å². The second-order valence-electron chi connectivity index (χ2n) is 4.02. The lowest BCUT2D eigenvalue weighted by Gasteiger charge is -2.12. The number of aliphatic hydroxyl groups excluding tert-OH is 1. The molecule has 0 fully saturated rings. The summed E-state index contributed by atoms with van der Waals surface area (Å²) in [5.41, 5.74) is 2.38. The maximum atomic E-state index is 13.2. The fraction of sp³-hybridized carbons (Fsp3) is 0.143. The fourth-order valence-corrected chi connectivity index (χ4v) is 2.25. The van der Waals surface area contributed by atoms with Gasteiger partial charge in [-0.05, 0) is 36.2 Å². The summed E-state index contributed by atoms with van der Waals surface area (Å²) >= 11 is 3.22. The first kappa shape index (κ1) is 12.3. The normalized spacial score (nSPS) is 12.5. The Morgan fingerprint density at radius 2 is 1.88 bits per heavy atom. The van der Waals surface area contributed by atoms with Crippen molar-refractivity contribution in [3.8, 4) is 0 Å². The minimum atomic E-state index is -0.804. The summed E-state index contributed by atoms with van der Waals surface area (Å²) in [6.45, 7) is 1.96. The maximum Gasteiger partial charge on any atom is 0.124 e. The Labute approximate surface area is 108 Å². The molecule has 1 atom stereocenters. The summed E-state index contributed by atoms with van der Waals surface area (Å²) in [7, 11) is 0. The van der Waals surface area contributed by atoms with E-state index in [0.29, 0.717) is 10.0 Å². The van der Waals surface area contributed by atoms with E-state index in [9.17, 15) is 9.50 Å². The topological polar surface area (TPSA) is 20.2 Å². The third-order valence-electron chi connectivity index (χ3n) is 2.56. The molecule has 2 aromatic rings. The zero-order chi connectivity index (χ0) is 12.4. The highest BCUT2D eigenvalue weighted by Crippen LogP contribution is 2.26. The summed E-state index contributed by atoms with van der Waals surface area (Å²) in [6, 6.07) is 12.0. The standard InChI is InChI=1S/C14H12BrFO/c1-9-3-2-4-10(5-9)14(17)11-6-12(15)8-13(16)7-11/h2-8,14,17H,1H3. The van der Waals surface area contributed by atoms with Crippen LogP contribution in [0.5, 0.6) is 0 Å². The monoisotopic (exact) mass is 294 g/mol. The molecule has 1 unspecified atom stereocenters. The van der Waals surface area contributed by atoms with Gasteiger partial charge in [0.1, 0.15) is 11.9 Å². The second-order valence-corrected chi connectivity index (χ2v) is 4.94. The number of rotatable bonds is 2. The van der Waals surface area contributed by atoms with Gasteiger partial charge < -0.3 is 5.11 Å². The molecule has 0 saturated carbocycles. The van der Waals surface area contributed by atoms with Crippen molar-refractivity contribution >= 4 is 15.9 Å². The summed E-state index contributed by atoms with van der Waals surface area (Å²) in [4.78, 5) is 0. The molecule has 0 amide bonds. The second kappa shape index (κ2) is 4.98. The molecule has 0 bridgehead atoms. The summed E-state index contributed by atoms with van der Waals surface area (Å²) in [5, 5.41) is 10.2. The van der Waals surface area contributed by atoms with E-state index < -0.39 is 6.10 Å². The van der Waals surface area contributed by atoms with Gasteiger partial charge in [0.05, 0.1) is 0 Å². The van der Waals surface area contributed by atoms with Crippen LogP contribution in [0, 0.1) is 12.7 Å². The van der Waals surface area contributed by atoms with Crippen molar-refractivity contribution in [3.63, 3.8) is 0 Å². The maximum absolute atomic E-state index is 13.2. The molecule has 2 rings (SSSR count). The molecular formula is C14H12BrFO. The van der Waals surface area contributed by atoms with Crippen molar-refractivity contribution in [2.75, 3.05) is 0 Å². The lowest BCUT2D eigenvalue weighted by molar-refractivity contribution is 0.219. The predicted octanol–water partition coefficient (Wildman–Crippen LogP) is 3.98. The van der Waals surface area contributed by atoms with E-state index in [1.165, 1.54) is 12.1 Å². The Morgan fingerprint density at radius 3 is 2.53 bits per heavy atom.